The highest BCUT2D eigenvalue weighted by Crippen LogP contribution is 2.29. The second-order valence-corrected chi connectivity index (χ2v) is 4.44. The molecule has 3 aromatic rings. The van der Waals surface area contributed by atoms with Crippen LogP contribution < -0.4 is 5.63 Å². The number of aromatic nitrogens is 1. The van der Waals surface area contributed by atoms with Crippen LogP contribution in [-0.4, -0.2) is 4.98 Å². The molecule has 1 aromatic heterocycles. The lowest BCUT2D eigenvalue weighted by Crippen LogP contribution is -2.05. The first-order valence-corrected chi connectivity index (χ1v) is 5.99. The summed E-state index contributed by atoms with van der Waals surface area (Å²) in [6.07, 6.45) is 0. The Morgan fingerprint density at radius 3 is 2.50 bits per heavy atom. The highest BCUT2D eigenvalue weighted by Gasteiger charge is 2.17. The summed E-state index contributed by atoms with van der Waals surface area (Å²) in [7, 11) is 0. The zero-order valence-corrected chi connectivity index (χ0v) is 10.6. The van der Waals surface area contributed by atoms with Crippen molar-refractivity contribution < 1.29 is 13.2 Å². The van der Waals surface area contributed by atoms with E-state index in [1.54, 1.807) is 0 Å². The van der Waals surface area contributed by atoms with Gasteiger partial charge >= 0.3 is 5.63 Å². The van der Waals surface area contributed by atoms with Gasteiger partial charge in [0.15, 0.2) is 0 Å². The predicted molar refractivity (Wildman–Crippen MR) is 70.6 cm³/mol. The summed E-state index contributed by atoms with van der Waals surface area (Å²) in [5.74, 6) is -1.70. The largest absolute Gasteiger partial charge is 0.403 e. The molecule has 3 rings (SSSR count). The van der Waals surface area contributed by atoms with Gasteiger partial charge in [-0.3, -0.25) is 0 Å². The van der Waals surface area contributed by atoms with E-state index in [1.165, 1.54) is 30.3 Å². The van der Waals surface area contributed by atoms with Crippen LogP contribution in [0.4, 0.5) is 8.78 Å². The minimum absolute atomic E-state index is 0.0522. The van der Waals surface area contributed by atoms with E-state index in [0.717, 1.165) is 6.07 Å². The quantitative estimate of drug-likeness (QED) is 0.685. The Balaban J connectivity index is 2.37. The van der Waals surface area contributed by atoms with Crippen LogP contribution in [0.1, 0.15) is 0 Å². The molecule has 0 atom stereocenters. The monoisotopic (exact) mass is 293 g/mol. The average molecular weight is 294 g/mol. The fourth-order valence-corrected chi connectivity index (χ4v) is 2.13. The van der Waals surface area contributed by atoms with Crippen molar-refractivity contribution in [3.05, 3.63) is 63.5 Å². The van der Waals surface area contributed by atoms with Gasteiger partial charge in [-0.1, -0.05) is 23.7 Å². The standard InChI is InChI=1S/C14H6ClF2NO2/c15-7-3-1-4-8(16)11(7)13-18-10-6-2-5-9(17)12(10)14(19)20-13/h1-6H. The summed E-state index contributed by atoms with van der Waals surface area (Å²) >= 11 is 5.88. The molecule has 2 aromatic carbocycles. The molecule has 0 aliphatic rings. The molecule has 0 unspecified atom stereocenters. The fourth-order valence-electron chi connectivity index (χ4n) is 1.89. The molecule has 0 aliphatic heterocycles. The average Bonchev–Trinajstić information content (AvgIpc) is 2.38. The van der Waals surface area contributed by atoms with E-state index in [-0.39, 0.29) is 27.4 Å². The highest BCUT2D eigenvalue weighted by molar-refractivity contribution is 6.33. The van der Waals surface area contributed by atoms with E-state index < -0.39 is 17.3 Å². The van der Waals surface area contributed by atoms with Gasteiger partial charge in [-0.25, -0.2) is 18.6 Å². The summed E-state index contributed by atoms with van der Waals surface area (Å²) in [5.41, 5.74) is -0.976. The van der Waals surface area contributed by atoms with Gasteiger partial charge in [0.1, 0.15) is 17.0 Å². The van der Waals surface area contributed by atoms with Crippen LogP contribution in [0.25, 0.3) is 22.4 Å². The zero-order valence-electron chi connectivity index (χ0n) is 9.86. The molecular weight excluding hydrogens is 288 g/mol. The normalized spacial score (nSPS) is 10.9. The van der Waals surface area contributed by atoms with E-state index in [1.807, 2.05) is 0 Å². The molecule has 6 heteroatoms. The highest BCUT2D eigenvalue weighted by atomic mass is 35.5. The zero-order chi connectivity index (χ0) is 14.3. The smallest absolute Gasteiger partial charge is 0.350 e. The second-order valence-electron chi connectivity index (χ2n) is 4.04. The summed E-state index contributed by atoms with van der Waals surface area (Å²) in [4.78, 5) is 15.8. The Kier molecular flexibility index (Phi) is 2.99. The molecule has 0 saturated carbocycles. The lowest BCUT2D eigenvalue weighted by atomic mass is 10.2. The lowest BCUT2D eigenvalue weighted by Gasteiger charge is -2.05. The predicted octanol–water partition coefficient (Wildman–Crippen LogP) is 3.79. The summed E-state index contributed by atoms with van der Waals surface area (Å²) in [5, 5.41) is -0.222. The first-order valence-electron chi connectivity index (χ1n) is 5.61. The van der Waals surface area contributed by atoms with E-state index in [2.05, 4.69) is 4.98 Å². The molecule has 100 valence electrons. The van der Waals surface area contributed by atoms with Crippen molar-refractivity contribution in [2.75, 3.05) is 0 Å². The van der Waals surface area contributed by atoms with Crippen LogP contribution >= 0.6 is 11.6 Å². The lowest BCUT2D eigenvalue weighted by molar-refractivity contribution is 0.507. The molecule has 1 heterocycles. The maximum Gasteiger partial charge on any atom is 0.350 e. The Hall–Kier alpha value is -2.27. The van der Waals surface area contributed by atoms with Crippen LogP contribution in [0, 0.1) is 11.6 Å². The van der Waals surface area contributed by atoms with Crippen molar-refractivity contribution in [3.63, 3.8) is 0 Å². The van der Waals surface area contributed by atoms with Crippen LogP contribution in [0.15, 0.2) is 45.6 Å². The van der Waals surface area contributed by atoms with Gasteiger partial charge in [-0.2, -0.15) is 0 Å². The Labute approximate surface area is 116 Å². The summed E-state index contributed by atoms with van der Waals surface area (Å²) < 4.78 is 32.2. The van der Waals surface area contributed by atoms with Gasteiger partial charge in [0, 0.05) is 0 Å². The Morgan fingerprint density at radius 1 is 1.05 bits per heavy atom. The third kappa shape index (κ3) is 1.96. The maximum absolute atomic E-state index is 13.8. The van der Waals surface area contributed by atoms with Crippen LogP contribution in [0.5, 0.6) is 0 Å². The minimum Gasteiger partial charge on any atom is -0.403 e. The molecular formula is C14H6ClF2NO2. The van der Waals surface area contributed by atoms with Gasteiger partial charge in [-0.05, 0) is 24.3 Å². The second kappa shape index (κ2) is 4.68. The Bertz CT molecular complexity index is 856. The fraction of sp³-hybridized carbons (Fsp3) is 0. The van der Waals surface area contributed by atoms with Crippen LogP contribution in [0.3, 0.4) is 0 Å². The van der Waals surface area contributed by atoms with Crippen molar-refractivity contribution in [2.45, 2.75) is 0 Å². The summed E-state index contributed by atoms with van der Waals surface area (Å²) in [6, 6.07) is 7.98. The molecule has 0 spiro atoms. The van der Waals surface area contributed by atoms with Gasteiger partial charge in [0.05, 0.1) is 16.1 Å². The van der Waals surface area contributed by atoms with Crippen molar-refractivity contribution in [3.8, 4) is 11.5 Å². The number of nitrogens with zero attached hydrogens (tertiary/aromatic N) is 1. The maximum atomic E-state index is 13.8. The van der Waals surface area contributed by atoms with Crippen molar-refractivity contribution in [1.82, 2.24) is 4.98 Å². The van der Waals surface area contributed by atoms with E-state index in [4.69, 9.17) is 16.0 Å². The molecule has 0 fully saturated rings. The first kappa shape index (κ1) is 12.7. The number of halogens is 3. The SMILES string of the molecule is O=c1oc(-c2c(F)cccc2Cl)nc2cccc(F)c12. The molecule has 0 radical (unpaired) electrons. The van der Waals surface area contributed by atoms with Gasteiger partial charge in [0.25, 0.3) is 0 Å². The van der Waals surface area contributed by atoms with E-state index >= 15 is 0 Å². The number of benzene rings is 2. The summed E-state index contributed by atoms with van der Waals surface area (Å²) in [6.45, 7) is 0. The van der Waals surface area contributed by atoms with Gasteiger partial charge in [-0.15, -0.1) is 0 Å². The van der Waals surface area contributed by atoms with Gasteiger partial charge < -0.3 is 4.42 Å². The molecule has 20 heavy (non-hydrogen) atoms. The van der Waals surface area contributed by atoms with E-state index in [9.17, 15) is 13.6 Å². The molecule has 0 saturated heterocycles. The number of rotatable bonds is 1. The topological polar surface area (TPSA) is 43.1 Å². The van der Waals surface area contributed by atoms with Crippen molar-refractivity contribution in [2.24, 2.45) is 0 Å². The molecule has 0 bridgehead atoms. The molecule has 0 N–H and O–H groups in total. The van der Waals surface area contributed by atoms with Crippen LogP contribution in [0.2, 0.25) is 5.02 Å². The van der Waals surface area contributed by atoms with Crippen molar-refractivity contribution in [1.29, 1.82) is 0 Å². The molecule has 0 amide bonds. The number of hydrogen-bond acceptors (Lipinski definition) is 3. The third-order valence-electron chi connectivity index (χ3n) is 2.78. The molecule has 0 aliphatic carbocycles. The van der Waals surface area contributed by atoms with Crippen LogP contribution in [-0.2, 0) is 0 Å². The molecule has 3 nitrogen and oxygen atoms in total. The number of fused-ring (bicyclic) bond motifs is 1. The van der Waals surface area contributed by atoms with Gasteiger partial charge in [0.2, 0.25) is 5.89 Å². The number of hydrogen-bond donors (Lipinski definition) is 0. The minimum atomic E-state index is -0.928. The van der Waals surface area contributed by atoms with Crippen molar-refractivity contribution >= 4 is 22.5 Å². The first-order chi connectivity index (χ1) is 9.58. The Morgan fingerprint density at radius 2 is 1.75 bits per heavy atom. The third-order valence-corrected chi connectivity index (χ3v) is 3.10. The van der Waals surface area contributed by atoms with E-state index in [0.29, 0.717) is 0 Å².